The summed E-state index contributed by atoms with van der Waals surface area (Å²) >= 11 is 1.01. The quantitative estimate of drug-likeness (QED) is 0.335. The van der Waals surface area contributed by atoms with Crippen molar-refractivity contribution in [2.45, 2.75) is 44.8 Å². The summed E-state index contributed by atoms with van der Waals surface area (Å²) in [5, 5.41) is 23.8. The van der Waals surface area contributed by atoms with Crippen LogP contribution in [0.2, 0.25) is 0 Å². The minimum Gasteiger partial charge on any atom is -0.506 e. The predicted molar refractivity (Wildman–Crippen MR) is 140 cm³/mol. The first kappa shape index (κ1) is 27.6. The number of phenols is 1. The van der Waals surface area contributed by atoms with Crippen LogP contribution in [0.1, 0.15) is 48.5 Å². The van der Waals surface area contributed by atoms with Crippen molar-refractivity contribution in [3.63, 3.8) is 0 Å². The number of H-pyrrole nitrogens is 1. The number of fused-ring (bicyclic) bond motifs is 1. The highest BCUT2D eigenvalue weighted by molar-refractivity contribution is 7.16. The Labute approximate surface area is 210 Å². The Hall–Kier alpha value is -1.61. The first-order valence-electron chi connectivity index (χ1n) is 11.1. The molecular weight excluding hydrogens is 481 g/mol. The van der Waals surface area contributed by atoms with E-state index in [1.54, 1.807) is 6.07 Å². The highest BCUT2D eigenvalue weighted by Crippen LogP contribution is 2.31. The molecule has 1 atom stereocenters. The van der Waals surface area contributed by atoms with Crippen molar-refractivity contribution >= 4 is 46.4 Å². The molecule has 1 aromatic heterocycles. The van der Waals surface area contributed by atoms with Crippen molar-refractivity contribution in [2.75, 3.05) is 26.2 Å². The summed E-state index contributed by atoms with van der Waals surface area (Å²) in [6.07, 6.45) is 5.46. The zero-order chi connectivity index (χ0) is 21.6. The minimum absolute atomic E-state index is 0. The Morgan fingerprint density at radius 1 is 1.06 bits per heavy atom. The maximum absolute atomic E-state index is 11.7. The van der Waals surface area contributed by atoms with Crippen LogP contribution >= 0.6 is 36.2 Å². The Bertz CT molecular complexity index is 1060. The smallest absolute Gasteiger partial charge is 0.305 e. The van der Waals surface area contributed by atoms with Crippen LogP contribution < -0.4 is 10.2 Å². The van der Waals surface area contributed by atoms with E-state index in [0.29, 0.717) is 22.3 Å². The number of nitrogens with zero attached hydrogens (tertiary/aromatic N) is 1. The van der Waals surface area contributed by atoms with Crippen LogP contribution in [0.3, 0.4) is 0 Å². The Morgan fingerprint density at radius 3 is 2.55 bits per heavy atom. The van der Waals surface area contributed by atoms with Gasteiger partial charge in [-0.15, -0.1) is 24.8 Å². The van der Waals surface area contributed by atoms with E-state index in [1.165, 1.54) is 56.0 Å². The Kier molecular flexibility index (Phi) is 11.2. The molecule has 6 nitrogen and oxygen atoms in total. The molecule has 0 radical (unpaired) electrons. The second kappa shape index (κ2) is 13.3. The second-order valence-electron chi connectivity index (χ2n) is 8.37. The number of aliphatic hydroxyl groups is 1. The van der Waals surface area contributed by atoms with Gasteiger partial charge < -0.3 is 20.5 Å². The van der Waals surface area contributed by atoms with E-state index in [4.69, 9.17) is 0 Å². The van der Waals surface area contributed by atoms with Crippen LogP contribution in [0.25, 0.3) is 10.2 Å². The van der Waals surface area contributed by atoms with Crippen molar-refractivity contribution in [2.24, 2.45) is 0 Å². The van der Waals surface area contributed by atoms with E-state index < -0.39 is 6.10 Å². The molecule has 2 aromatic carbocycles. The molecule has 4 rings (SSSR count). The molecule has 182 valence electrons. The predicted octanol–water partition coefficient (Wildman–Crippen LogP) is 4.38. The fourth-order valence-corrected chi connectivity index (χ4v) is 5.24. The van der Waals surface area contributed by atoms with Gasteiger partial charge >= 0.3 is 4.87 Å². The third kappa shape index (κ3) is 7.44. The van der Waals surface area contributed by atoms with Crippen molar-refractivity contribution < 1.29 is 10.2 Å². The maximum Gasteiger partial charge on any atom is 0.305 e. The first-order valence-corrected chi connectivity index (χ1v) is 12.0. The molecule has 1 saturated heterocycles. The van der Waals surface area contributed by atoms with Crippen molar-refractivity contribution in [1.29, 1.82) is 0 Å². The summed E-state index contributed by atoms with van der Waals surface area (Å²) in [6, 6.07) is 12.0. The topological polar surface area (TPSA) is 88.6 Å². The molecule has 1 aliphatic rings. The molecular formula is C24H33Cl2N3O3S. The molecule has 33 heavy (non-hydrogen) atoms. The number of aromatic hydroxyl groups is 1. The van der Waals surface area contributed by atoms with Crippen LogP contribution in [0.4, 0.5) is 0 Å². The molecule has 0 spiro atoms. The number of phenolic OH excluding ortho intramolecular Hbond substituents is 1. The average molecular weight is 515 g/mol. The molecule has 9 heteroatoms. The van der Waals surface area contributed by atoms with Gasteiger partial charge in [0.2, 0.25) is 0 Å². The SMILES string of the molecule is Cl.Cl.O=c1[nH]c2c(O)ccc([C@@H](O)CNCCc3cccc(CN4CCCCCC4)c3)c2s1. The normalized spacial score (nSPS) is 15.4. The lowest BCUT2D eigenvalue weighted by atomic mass is 10.1. The number of aliphatic hydroxyl groups excluding tert-OH is 1. The van der Waals surface area contributed by atoms with Gasteiger partial charge in [-0.2, -0.15) is 0 Å². The number of likely N-dealkylation sites (tertiary alicyclic amines) is 1. The fraction of sp³-hybridized carbons (Fsp3) is 0.458. The number of halogens is 2. The summed E-state index contributed by atoms with van der Waals surface area (Å²) in [4.78, 5) is 16.6. The number of thiazole rings is 1. The number of hydrogen-bond donors (Lipinski definition) is 4. The molecule has 2 heterocycles. The fourth-order valence-electron chi connectivity index (χ4n) is 4.32. The average Bonchev–Trinajstić information content (AvgIpc) is 2.98. The summed E-state index contributed by atoms with van der Waals surface area (Å²) < 4.78 is 0.612. The van der Waals surface area contributed by atoms with E-state index >= 15 is 0 Å². The van der Waals surface area contributed by atoms with Crippen LogP contribution in [-0.4, -0.2) is 46.3 Å². The number of nitrogens with one attached hydrogen (secondary N) is 2. The van der Waals surface area contributed by atoms with Gasteiger partial charge in [-0.25, -0.2) is 0 Å². The number of hydrogen-bond acceptors (Lipinski definition) is 6. The molecule has 0 saturated carbocycles. The molecule has 1 fully saturated rings. The minimum atomic E-state index is -0.746. The number of benzene rings is 2. The monoisotopic (exact) mass is 513 g/mol. The van der Waals surface area contributed by atoms with Crippen molar-refractivity contribution in [1.82, 2.24) is 15.2 Å². The van der Waals surface area contributed by atoms with Gasteiger partial charge in [-0.05, 0) is 56.1 Å². The van der Waals surface area contributed by atoms with Gasteiger partial charge in [0.05, 0.1) is 10.8 Å². The highest BCUT2D eigenvalue weighted by Gasteiger charge is 2.16. The van der Waals surface area contributed by atoms with E-state index in [2.05, 4.69) is 39.5 Å². The summed E-state index contributed by atoms with van der Waals surface area (Å²) in [5.41, 5.74) is 3.72. The van der Waals surface area contributed by atoms with Crippen molar-refractivity contribution in [3.8, 4) is 5.75 Å². The molecule has 0 amide bonds. The van der Waals surface area contributed by atoms with Gasteiger partial charge in [-0.1, -0.05) is 54.5 Å². The van der Waals surface area contributed by atoms with Gasteiger partial charge in [-0.3, -0.25) is 9.69 Å². The zero-order valence-corrected chi connectivity index (χ0v) is 21.0. The van der Waals surface area contributed by atoms with Crippen LogP contribution in [0, 0.1) is 0 Å². The van der Waals surface area contributed by atoms with Crippen molar-refractivity contribution in [3.05, 3.63) is 62.8 Å². The van der Waals surface area contributed by atoms with Gasteiger partial charge in [0.25, 0.3) is 0 Å². The van der Waals surface area contributed by atoms with Gasteiger partial charge in [0.1, 0.15) is 11.3 Å². The lowest BCUT2D eigenvalue weighted by Gasteiger charge is -2.20. The van der Waals surface area contributed by atoms with Crippen LogP contribution in [0.15, 0.2) is 41.2 Å². The largest absolute Gasteiger partial charge is 0.506 e. The first-order chi connectivity index (χ1) is 15.1. The van der Waals surface area contributed by atoms with Gasteiger partial charge in [0, 0.05) is 18.7 Å². The third-order valence-corrected chi connectivity index (χ3v) is 6.90. The molecule has 1 aliphatic heterocycles. The molecule has 3 aromatic rings. The van der Waals surface area contributed by atoms with Crippen LogP contribution in [0.5, 0.6) is 5.75 Å². The van der Waals surface area contributed by atoms with E-state index in [1.807, 2.05) is 0 Å². The number of aromatic amines is 1. The van der Waals surface area contributed by atoms with E-state index in [0.717, 1.165) is 30.8 Å². The summed E-state index contributed by atoms with van der Waals surface area (Å²) in [5.74, 6) is 0.0253. The molecule has 0 unspecified atom stereocenters. The third-order valence-electron chi connectivity index (χ3n) is 5.97. The molecule has 0 aliphatic carbocycles. The zero-order valence-electron chi connectivity index (χ0n) is 18.6. The van der Waals surface area contributed by atoms with E-state index in [-0.39, 0.29) is 35.4 Å². The Balaban J connectivity index is 0.00000193. The maximum atomic E-state index is 11.7. The lowest BCUT2D eigenvalue weighted by molar-refractivity contribution is 0.176. The number of rotatable bonds is 8. The summed E-state index contributed by atoms with van der Waals surface area (Å²) in [7, 11) is 0. The van der Waals surface area contributed by atoms with Crippen LogP contribution in [-0.2, 0) is 13.0 Å². The van der Waals surface area contributed by atoms with Gasteiger partial charge in [0.15, 0.2) is 0 Å². The highest BCUT2D eigenvalue weighted by atomic mass is 35.5. The summed E-state index contributed by atoms with van der Waals surface area (Å²) in [6.45, 7) is 4.57. The van der Waals surface area contributed by atoms with E-state index in [9.17, 15) is 15.0 Å². The second-order valence-corrected chi connectivity index (χ2v) is 9.36. The number of aromatic nitrogens is 1. The molecule has 0 bridgehead atoms. The Morgan fingerprint density at radius 2 is 1.79 bits per heavy atom. The molecule has 4 N–H and O–H groups in total. The lowest BCUT2D eigenvalue weighted by Crippen LogP contribution is -2.24. The standard InChI is InChI=1S/C24H31N3O3S.2ClH/c28-20-9-8-19(23-22(20)26-24(30)31-23)21(29)15-25-11-10-17-6-5-7-18(14-17)16-27-12-3-1-2-4-13-27;;/h5-9,14,21,25,28-29H,1-4,10-13,15-16H2,(H,26,30);2*1H/t21-;;/m0../s1.